The van der Waals surface area contributed by atoms with Crippen LogP contribution in [0.4, 0.5) is 5.69 Å². The Labute approximate surface area is 140 Å². The minimum Gasteiger partial charge on any atom is -0.486 e. The molecule has 7 nitrogen and oxygen atoms in total. The van der Waals surface area contributed by atoms with Crippen LogP contribution in [-0.4, -0.2) is 24.0 Å². The van der Waals surface area contributed by atoms with Gasteiger partial charge in [0.1, 0.15) is 12.4 Å². The summed E-state index contributed by atoms with van der Waals surface area (Å²) >= 11 is 0. The predicted octanol–water partition coefficient (Wildman–Crippen LogP) is 2.60. The Balaban J connectivity index is 1.91. The number of amides is 2. The lowest BCUT2D eigenvalue weighted by molar-refractivity contribution is -0.123. The zero-order valence-corrected chi connectivity index (χ0v) is 14.2. The molecule has 24 heavy (non-hydrogen) atoms. The number of ether oxygens (including phenoxy) is 1. The van der Waals surface area contributed by atoms with Crippen molar-refractivity contribution in [2.75, 3.05) is 12.4 Å². The monoisotopic (exact) mass is 331 g/mol. The zero-order chi connectivity index (χ0) is 17.7. The third-order valence-corrected chi connectivity index (χ3v) is 3.19. The van der Waals surface area contributed by atoms with Crippen LogP contribution < -0.4 is 15.4 Å². The first-order valence-electron chi connectivity index (χ1n) is 7.51. The average molecular weight is 331 g/mol. The van der Waals surface area contributed by atoms with Gasteiger partial charge in [-0.05, 0) is 24.3 Å². The fourth-order valence-electron chi connectivity index (χ4n) is 1.72. The summed E-state index contributed by atoms with van der Waals surface area (Å²) in [5, 5.41) is 8.96. The van der Waals surface area contributed by atoms with E-state index < -0.39 is 5.41 Å². The standard InChI is InChI=1S/C17H21N3O4/c1-17(2,3)16(22)19-11-5-7-12(8-6-11)23-10-13-9-14(20-24-13)15(21)18-4/h5-9H,10H2,1-4H3,(H,18,21)(H,19,22). The van der Waals surface area contributed by atoms with Crippen molar-refractivity contribution in [2.24, 2.45) is 5.41 Å². The molecule has 1 aromatic heterocycles. The Hall–Kier alpha value is -2.83. The summed E-state index contributed by atoms with van der Waals surface area (Å²) in [6.45, 7) is 5.70. The number of carbonyl (C=O) groups is 2. The quantitative estimate of drug-likeness (QED) is 0.878. The molecule has 0 unspecified atom stereocenters. The van der Waals surface area contributed by atoms with E-state index in [2.05, 4.69) is 15.8 Å². The molecule has 0 fully saturated rings. The SMILES string of the molecule is CNC(=O)c1cc(COc2ccc(NC(=O)C(C)(C)C)cc2)on1. The molecule has 7 heteroatoms. The van der Waals surface area contributed by atoms with Crippen molar-refractivity contribution in [1.29, 1.82) is 0 Å². The molecule has 1 aromatic carbocycles. The summed E-state index contributed by atoms with van der Waals surface area (Å²) < 4.78 is 10.6. The third kappa shape index (κ3) is 4.58. The van der Waals surface area contributed by atoms with Gasteiger partial charge in [-0.2, -0.15) is 0 Å². The smallest absolute Gasteiger partial charge is 0.273 e. The predicted molar refractivity (Wildman–Crippen MR) is 88.8 cm³/mol. The Morgan fingerprint density at radius 2 is 1.88 bits per heavy atom. The van der Waals surface area contributed by atoms with E-state index in [-0.39, 0.29) is 24.1 Å². The lowest BCUT2D eigenvalue weighted by atomic mass is 9.95. The summed E-state index contributed by atoms with van der Waals surface area (Å²) in [6, 6.07) is 8.53. The third-order valence-electron chi connectivity index (χ3n) is 3.19. The summed E-state index contributed by atoms with van der Waals surface area (Å²) in [7, 11) is 1.52. The van der Waals surface area contributed by atoms with Crippen LogP contribution in [0, 0.1) is 5.41 Å². The van der Waals surface area contributed by atoms with Crippen LogP contribution in [-0.2, 0) is 11.4 Å². The summed E-state index contributed by atoms with van der Waals surface area (Å²) in [4.78, 5) is 23.3. The highest BCUT2D eigenvalue weighted by Crippen LogP contribution is 2.20. The summed E-state index contributed by atoms with van der Waals surface area (Å²) in [5.41, 5.74) is 0.449. The number of rotatable bonds is 5. The molecular formula is C17H21N3O4. The van der Waals surface area contributed by atoms with Gasteiger partial charge in [0.15, 0.2) is 11.5 Å². The molecule has 0 saturated carbocycles. The van der Waals surface area contributed by atoms with E-state index in [1.54, 1.807) is 24.3 Å². The van der Waals surface area contributed by atoms with Crippen molar-refractivity contribution in [1.82, 2.24) is 10.5 Å². The van der Waals surface area contributed by atoms with E-state index in [9.17, 15) is 9.59 Å². The Morgan fingerprint density at radius 1 is 1.21 bits per heavy atom. The van der Waals surface area contributed by atoms with Gasteiger partial charge in [-0.3, -0.25) is 9.59 Å². The molecule has 2 amide bonds. The Kier molecular flexibility index (Phi) is 5.23. The van der Waals surface area contributed by atoms with Crippen molar-refractivity contribution >= 4 is 17.5 Å². The molecule has 2 N–H and O–H groups in total. The number of aromatic nitrogens is 1. The van der Waals surface area contributed by atoms with Crippen LogP contribution in [0.5, 0.6) is 5.75 Å². The van der Waals surface area contributed by atoms with Crippen LogP contribution in [0.2, 0.25) is 0 Å². The molecule has 1 heterocycles. The van der Waals surface area contributed by atoms with E-state index in [0.29, 0.717) is 17.2 Å². The van der Waals surface area contributed by atoms with Gasteiger partial charge in [-0.25, -0.2) is 0 Å². The molecule has 2 aromatic rings. The number of carbonyl (C=O) groups excluding carboxylic acids is 2. The minimum atomic E-state index is -0.454. The molecule has 0 saturated heterocycles. The first-order chi connectivity index (χ1) is 11.3. The van der Waals surface area contributed by atoms with E-state index >= 15 is 0 Å². The lowest BCUT2D eigenvalue weighted by Crippen LogP contribution is -2.27. The van der Waals surface area contributed by atoms with Crippen molar-refractivity contribution in [3.05, 3.63) is 41.8 Å². The van der Waals surface area contributed by atoms with Crippen LogP contribution in [0.3, 0.4) is 0 Å². The lowest BCUT2D eigenvalue weighted by Gasteiger charge is -2.17. The first kappa shape index (κ1) is 17.5. The second kappa shape index (κ2) is 7.16. The average Bonchev–Trinajstić information content (AvgIpc) is 3.01. The molecule has 0 radical (unpaired) electrons. The largest absolute Gasteiger partial charge is 0.486 e. The van der Waals surface area contributed by atoms with Gasteiger partial charge in [-0.15, -0.1) is 0 Å². The van der Waals surface area contributed by atoms with Crippen LogP contribution in [0.15, 0.2) is 34.9 Å². The molecule has 0 atom stereocenters. The topological polar surface area (TPSA) is 93.5 Å². The number of benzene rings is 1. The molecule has 0 aliphatic carbocycles. The molecule has 0 spiro atoms. The number of hydrogen-bond acceptors (Lipinski definition) is 5. The molecule has 128 valence electrons. The minimum absolute atomic E-state index is 0.0560. The highest BCUT2D eigenvalue weighted by molar-refractivity contribution is 5.94. The Morgan fingerprint density at radius 3 is 2.46 bits per heavy atom. The number of anilines is 1. The second-order valence-corrected chi connectivity index (χ2v) is 6.27. The second-order valence-electron chi connectivity index (χ2n) is 6.27. The van der Waals surface area contributed by atoms with Gasteiger partial charge in [0.25, 0.3) is 5.91 Å². The van der Waals surface area contributed by atoms with E-state index in [0.717, 1.165) is 0 Å². The maximum Gasteiger partial charge on any atom is 0.273 e. The summed E-state index contributed by atoms with van der Waals surface area (Å²) in [5.74, 6) is 0.684. The van der Waals surface area contributed by atoms with Gasteiger partial charge >= 0.3 is 0 Å². The van der Waals surface area contributed by atoms with Crippen LogP contribution in [0.1, 0.15) is 37.0 Å². The Bertz CT molecular complexity index is 714. The zero-order valence-electron chi connectivity index (χ0n) is 14.2. The van der Waals surface area contributed by atoms with Gasteiger partial charge in [0.2, 0.25) is 5.91 Å². The van der Waals surface area contributed by atoms with E-state index in [4.69, 9.17) is 9.26 Å². The fraction of sp³-hybridized carbons (Fsp3) is 0.353. The molecule has 0 aliphatic heterocycles. The number of hydrogen-bond donors (Lipinski definition) is 2. The van der Waals surface area contributed by atoms with Crippen molar-refractivity contribution in [2.45, 2.75) is 27.4 Å². The van der Waals surface area contributed by atoms with E-state index in [1.807, 2.05) is 20.8 Å². The van der Waals surface area contributed by atoms with Crippen molar-refractivity contribution in [3.63, 3.8) is 0 Å². The number of nitrogens with zero attached hydrogens (tertiary/aromatic N) is 1. The van der Waals surface area contributed by atoms with Crippen molar-refractivity contribution < 1.29 is 18.8 Å². The van der Waals surface area contributed by atoms with Gasteiger partial charge in [0, 0.05) is 24.2 Å². The molecule has 0 bridgehead atoms. The molecular weight excluding hydrogens is 310 g/mol. The maximum absolute atomic E-state index is 11.9. The van der Waals surface area contributed by atoms with Gasteiger partial charge in [-0.1, -0.05) is 25.9 Å². The first-order valence-corrected chi connectivity index (χ1v) is 7.51. The van der Waals surface area contributed by atoms with Crippen molar-refractivity contribution in [3.8, 4) is 5.75 Å². The van der Waals surface area contributed by atoms with E-state index in [1.165, 1.54) is 13.1 Å². The van der Waals surface area contributed by atoms with Crippen LogP contribution >= 0.6 is 0 Å². The van der Waals surface area contributed by atoms with Gasteiger partial charge in [0.05, 0.1) is 0 Å². The highest BCUT2D eigenvalue weighted by atomic mass is 16.5. The highest BCUT2D eigenvalue weighted by Gasteiger charge is 2.21. The maximum atomic E-state index is 11.9. The fourth-order valence-corrected chi connectivity index (χ4v) is 1.72. The molecule has 0 aliphatic rings. The molecule has 2 rings (SSSR count). The summed E-state index contributed by atoms with van der Waals surface area (Å²) in [6.07, 6.45) is 0. The normalized spacial score (nSPS) is 11.0. The van der Waals surface area contributed by atoms with Crippen LogP contribution in [0.25, 0.3) is 0 Å². The number of nitrogens with one attached hydrogen (secondary N) is 2. The van der Waals surface area contributed by atoms with Gasteiger partial charge < -0.3 is 19.9 Å².